The van der Waals surface area contributed by atoms with Crippen LogP contribution in [0.25, 0.3) is 0 Å². The Kier molecular flexibility index (Phi) is 34.1. The summed E-state index contributed by atoms with van der Waals surface area (Å²) in [6, 6.07) is 0. The minimum Gasteiger partial charge on any atom is -0.0628 e. The van der Waals surface area contributed by atoms with E-state index in [2.05, 4.69) is 145 Å². The molecule has 0 bridgehead atoms. The molecule has 1 saturated carbocycles. The van der Waals surface area contributed by atoms with Crippen LogP contribution in [0.2, 0.25) is 0 Å². The Morgan fingerprint density at radius 1 is 0.197 bits per heavy atom. The highest BCUT2D eigenvalue weighted by Gasteiger charge is 2.27. The summed E-state index contributed by atoms with van der Waals surface area (Å²) in [5.41, 5.74) is 0. The van der Waals surface area contributed by atoms with Gasteiger partial charge in [0.1, 0.15) is 0 Å². The molecular weight excluding hydrogens is 793 g/mol. The van der Waals surface area contributed by atoms with Crippen LogP contribution < -0.4 is 0 Å². The first-order valence-corrected chi connectivity index (χ1v) is 30.8. The van der Waals surface area contributed by atoms with E-state index < -0.39 is 0 Å². The van der Waals surface area contributed by atoms with Gasteiger partial charge < -0.3 is 0 Å². The molecule has 0 N–H and O–H groups in total. The fourth-order valence-corrected chi connectivity index (χ4v) is 15.3. The van der Waals surface area contributed by atoms with Crippen LogP contribution in [0.5, 0.6) is 0 Å². The molecule has 0 amide bonds. The van der Waals surface area contributed by atoms with E-state index in [1.165, 1.54) is 154 Å². The van der Waals surface area contributed by atoms with Crippen LogP contribution in [0.4, 0.5) is 0 Å². The summed E-state index contributed by atoms with van der Waals surface area (Å²) in [5.74, 6) is 17.8. The number of hydrogen-bond acceptors (Lipinski definition) is 0. The summed E-state index contributed by atoms with van der Waals surface area (Å²) in [6.07, 6.45) is 34.6. The average Bonchev–Trinajstić information content (AvgIpc) is 3.13. The van der Waals surface area contributed by atoms with Gasteiger partial charge >= 0.3 is 0 Å². The molecule has 12 atom stereocenters. The molecule has 0 nitrogen and oxygen atoms in total. The lowest BCUT2D eigenvalue weighted by Crippen LogP contribution is -2.19. The Balaban J connectivity index is 3.39. The Labute approximate surface area is 421 Å². The fraction of sp³-hybridized carbons (Fsp3) is 1.00. The molecule has 396 valence electrons. The van der Waals surface area contributed by atoms with Gasteiger partial charge in [0, 0.05) is 0 Å². The lowest BCUT2D eigenvalue weighted by atomic mass is 9.75. The first-order valence-electron chi connectivity index (χ1n) is 30.8. The maximum Gasteiger partial charge on any atom is -0.0407 e. The van der Waals surface area contributed by atoms with Crippen molar-refractivity contribution in [1.82, 2.24) is 0 Å². The Bertz CT molecular complexity index is 887. The predicted octanol–water partition coefficient (Wildman–Crippen LogP) is 22.7. The summed E-state index contributed by atoms with van der Waals surface area (Å²) >= 11 is 0. The zero-order chi connectivity index (χ0) is 50.1. The van der Waals surface area contributed by atoms with Crippen molar-refractivity contribution in [3.05, 3.63) is 0 Å². The van der Waals surface area contributed by atoms with Gasteiger partial charge in [0.15, 0.2) is 0 Å². The molecule has 0 aromatic carbocycles. The molecule has 0 aliphatic heterocycles. The Morgan fingerprint density at radius 2 is 0.303 bits per heavy atom. The maximum absolute atomic E-state index is 2.65. The van der Waals surface area contributed by atoms with E-state index in [1.54, 1.807) is 0 Å². The average molecular weight is 926 g/mol. The Morgan fingerprint density at radius 3 is 0.409 bits per heavy atom. The van der Waals surface area contributed by atoms with Crippen LogP contribution in [0.1, 0.15) is 299 Å². The summed E-state index contributed by atoms with van der Waals surface area (Å²) in [7, 11) is 0. The third-order valence-corrected chi connectivity index (χ3v) is 17.1. The summed E-state index contributed by atoms with van der Waals surface area (Å²) in [5, 5.41) is 0. The van der Waals surface area contributed by atoms with Crippen LogP contribution in [0, 0.1) is 124 Å². The minimum absolute atomic E-state index is 0.805. The molecule has 0 saturated heterocycles. The van der Waals surface area contributed by atoms with E-state index in [1.807, 2.05) is 0 Å². The molecule has 0 heteroatoms. The summed E-state index contributed by atoms with van der Waals surface area (Å²) in [6.45, 7) is 53.6. The maximum atomic E-state index is 2.65. The van der Waals surface area contributed by atoms with Gasteiger partial charge in [0.2, 0.25) is 0 Å². The van der Waals surface area contributed by atoms with Crippen molar-refractivity contribution in [2.45, 2.75) is 299 Å². The van der Waals surface area contributed by atoms with E-state index in [0.29, 0.717) is 0 Å². The Hall–Kier alpha value is 0. The molecule has 1 aliphatic carbocycles. The van der Waals surface area contributed by atoms with E-state index >= 15 is 0 Å². The normalized spacial score (nSPS) is 35.6. The second kappa shape index (κ2) is 35.2. The van der Waals surface area contributed by atoms with Gasteiger partial charge in [-0.15, -0.1) is 0 Å². The zero-order valence-corrected chi connectivity index (χ0v) is 50.1. The third kappa shape index (κ3) is 33.6. The zero-order valence-electron chi connectivity index (χ0n) is 50.1. The van der Waals surface area contributed by atoms with E-state index in [4.69, 9.17) is 0 Å². The van der Waals surface area contributed by atoms with Crippen LogP contribution in [-0.2, 0) is 0 Å². The van der Waals surface area contributed by atoms with E-state index in [0.717, 1.165) is 124 Å². The van der Waals surface area contributed by atoms with Crippen molar-refractivity contribution in [2.75, 3.05) is 0 Å². The van der Waals surface area contributed by atoms with Gasteiger partial charge in [-0.05, 0) is 240 Å². The van der Waals surface area contributed by atoms with Gasteiger partial charge in [0.25, 0.3) is 0 Å². The van der Waals surface area contributed by atoms with Crippen molar-refractivity contribution in [3.63, 3.8) is 0 Å². The lowest BCUT2D eigenvalue weighted by Gasteiger charge is -2.31. The largest absolute Gasteiger partial charge is 0.0628 e. The van der Waals surface area contributed by atoms with Gasteiger partial charge in [-0.1, -0.05) is 184 Å². The SMILES string of the molecule is CC(C)CC1CC(C)CCC(C)CC(CC(C)C)CC(C)CC(CC(C)C)CC(C)CCC(C)CC(CC(C)C)CC(C)CC(CC(C)C)CC(C)CCC(C)CC(CC(C)C)CC(C)C1. The van der Waals surface area contributed by atoms with Crippen molar-refractivity contribution in [3.8, 4) is 0 Å². The number of hydrogen-bond donors (Lipinski definition) is 0. The van der Waals surface area contributed by atoms with Crippen LogP contribution in [0.3, 0.4) is 0 Å². The quantitative estimate of drug-likeness (QED) is 0.183. The lowest BCUT2D eigenvalue weighted by molar-refractivity contribution is 0.209. The topological polar surface area (TPSA) is 0 Å². The standard InChI is InChI=1S/C66H132/c1-46(2)28-61-34-52(13)22-23-53(14)36-63(30-48(5)6)42-59(20)43-65(32-50(9)10)38-56(17)26-27-57(18)39-66(33-51(11)12)45-60(21)44-64(31-49(7)8)37-55(16)25-24-54(15)35-62(29-47(3)4)41-58(19)40-61/h46-66H,22-45H2,1-21H3. The monoisotopic (exact) mass is 925 g/mol. The minimum atomic E-state index is 0.805. The highest BCUT2D eigenvalue weighted by Crippen LogP contribution is 2.40. The molecule has 0 heterocycles. The van der Waals surface area contributed by atoms with E-state index in [-0.39, 0.29) is 0 Å². The van der Waals surface area contributed by atoms with Crippen LogP contribution >= 0.6 is 0 Å². The molecule has 0 radical (unpaired) electrons. The van der Waals surface area contributed by atoms with Gasteiger partial charge in [-0.3, -0.25) is 0 Å². The number of rotatable bonds is 12. The summed E-state index contributed by atoms with van der Waals surface area (Å²) < 4.78 is 0. The van der Waals surface area contributed by atoms with Gasteiger partial charge in [-0.25, -0.2) is 0 Å². The molecule has 1 fully saturated rings. The summed E-state index contributed by atoms with van der Waals surface area (Å²) in [4.78, 5) is 0. The molecule has 1 rings (SSSR count). The van der Waals surface area contributed by atoms with Crippen molar-refractivity contribution in [1.29, 1.82) is 0 Å². The molecule has 0 aromatic rings. The van der Waals surface area contributed by atoms with Crippen molar-refractivity contribution in [2.24, 2.45) is 124 Å². The smallest absolute Gasteiger partial charge is 0.0407 e. The highest BCUT2D eigenvalue weighted by molar-refractivity contribution is 4.79. The molecule has 12 unspecified atom stereocenters. The molecule has 0 spiro atoms. The second-order valence-corrected chi connectivity index (χ2v) is 29.5. The molecule has 1 aliphatic rings. The molecule has 0 aromatic heterocycles. The predicted molar refractivity (Wildman–Crippen MR) is 303 cm³/mol. The third-order valence-electron chi connectivity index (χ3n) is 17.1. The first kappa shape index (κ1) is 64.0. The van der Waals surface area contributed by atoms with Crippen LogP contribution in [0.15, 0.2) is 0 Å². The first-order chi connectivity index (χ1) is 30.8. The highest BCUT2D eigenvalue weighted by atomic mass is 14.3. The fourth-order valence-electron chi connectivity index (χ4n) is 15.3. The van der Waals surface area contributed by atoms with Gasteiger partial charge in [-0.2, -0.15) is 0 Å². The van der Waals surface area contributed by atoms with Crippen molar-refractivity contribution >= 4 is 0 Å². The van der Waals surface area contributed by atoms with Crippen LogP contribution in [-0.4, -0.2) is 0 Å². The van der Waals surface area contributed by atoms with Crippen molar-refractivity contribution < 1.29 is 0 Å². The van der Waals surface area contributed by atoms with E-state index in [9.17, 15) is 0 Å². The molecular formula is C66H132. The van der Waals surface area contributed by atoms with Gasteiger partial charge in [0.05, 0.1) is 0 Å². The molecule has 66 heavy (non-hydrogen) atoms. The second-order valence-electron chi connectivity index (χ2n) is 29.5.